The monoisotopic (exact) mass is 568 g/mol. The van der Waals surface area contributed by atoms with Crippen molar-refractivity contribution in [1.29, 1.82) is 4.78 Å². The first kappa shape index (κ1) is 26.8. The Hall–Kier alpha value is -4.44. The van der Waals surface area contributed by atoms with Crippen molar-refractivity contribution in [1.82, 2.24) is 9.97 Å². The van der Waals surface area contributed by atoms with E-state index in [1.807, 2.05) is 54.6 Å². The van der Waals surface area contributed by atoms with Gasteiger partial charge in [-0.2, -0.15) is 4.98 Å². The Bertz CT molecular complexity index is 1700. The van der Waals surface area contributed by atoms with Gasteiger partial charge in [-0.05, 0) is 79.3 Å². The number of anilines is 4. The lowest BCUT2D eigenvalue weighted by molar-refractivity contribution is -0.118. The van der Waals surface area contributed by atoms with Crippen LogP contribution in [0.25, 0.3) is 11.1 Å². The van der Waals surface area contributed by atoms with Crippen LogP contribution in [0.2, 0.25) is 0 Å². The number of hydrogen-bond donors (Lipinski definition) is 4. The van der Waals surface area contributed by atoms with E-state index in [9.17, 15) is 9.00 Å². The molecule has 9 nitrogen and oxygen atoms in total. The molecule has 6 rings (SSSR count). The van der Waals surface area contributed by atoms with Gasteiger partial charge in [-0.3, -0.25) is 4.79 Å². The maximum absolute atomic E-state index is 13.3. The van der Waals surface area contributed by atoms with Crippen LogP contribution in [-0.2, 0) is 19.9 Å². The van der Waals surface area contributed by atoms with Crippen molar-refractivity contribution < 1.29 is 13.7 Å². The summed E-state index contributed by atoms with van der Waals surface area (Å²) in [6, 6.07) is 22.5. The molecule has 1 unspecified atom stereocenters. The Morgan fingerprint density at radius 1 is 1.05 bits per heavy atom. The number of benzene rings is 3. The molecule has 1 atom stereocenters. The van der Waals surface area contributed by atoms with E-state index in [2.05, 4.69) is 20.9 Å². The van der Waals surface area contributed by atoms with Gasteiger partial charge in [-0.15, -0.1) is 0 Å². The first-order valence-electron chi connectivity index (χ1n) is 13.7. The highest BCUT2D eigenvalue weighted by molar-refractivity contribution is 7.92. The molecule has 4 bridgehead atoms. The maximum atomic E-state index is 13.3. The molecule has 10 heteroatoms. The maximum Gasteiger partial charge on any atom is 0.235 e. The number of amides is 1. The largest absolute Gasteiger partial charge is 0.497 e. The molecule has 0 spiro atoms. The van der Waals surface area contributed by atoms with Crippen LogP contribution in [0, 0.1) is 4.78 Å². The van der Waals surface area contributed by atoms with Crippen LogP contribution in [0.1, 0.15) is 31.2 Å². The van der Waals surface area contributed by atoms with Gasteiger partial charge >= 0.3 is 0 Å². The average molecular weight is 569 g/mol. The molecule has 3 aromatic carbocycles. The van der Waals surface area contributed by atoms with Gasteiger partial charge in [0.1, 0.15) is 11.6 Å². The minimum atomic E-state index is -2.87. The smallest absolute Gasteiger partial charge is 0.235 e. The Morgan fingerprint density at radius 3 is 2.63 bits per heavy atom. The molecule has 1 aromatic heterocycles. The fourth-order valence-corrected chi connectivity index (χ4v) is 6.59. The van der Waals surface area contributed by atoms with E-state index in [1.165, 1.54) is 0 Å². The second-order valence-corrected chi connectivity index (χ2v) is 12.7. The summed E-state index contributed by atoms with van der Waals surface area (Å²) >= 11 is 0. The van der Waals surface area contributed by atoms with Crippen molar-refractivity contribution in [2.45, 2.75) is 36.0 Å². The van der Waals surface area contributed by atoms with Crippen LogP contribution >= 0.6 is 0 Å². The molecule has 4 aromatic rings. The van der Waals surface area contributed by atoms with Crippen LogP contribution in [0.5, 0.6) is 5.75 Å². The average Bonchev–Trinajstić information content (AvgIpc) is 3.80. The van der Waals surface area contributed by atoms with Gasteiger partial charge in [0.25, 0.3) is 0 Å². The molecule has 210 valence electrons. The van der Waals surface area contributed by atoms with Gasteiger partial charge in [0, 0.05) is 40.3 Å². The number of carbonyl (C=O) groups is 1. The number of carbonyl (C=O) groups excluding carboxylic acids is 1. The van der Waals surface area contributed by atoms with Crippen LogP contribution in [0.3, 0.4) is 0 Å². The topological polar surface area (TPSA) is 129 Å². The Balaban J connectivity index is 1.22. The minimum Gasteiger partial charge on any atom is -0.497 e. The second kappa shape index (κ2) is 10.9. The van der Waals surface area contributed by atoms with Crippen molar-refractivity contribution in [2.75, 3.05) is 35.4 Å². The highest BCUT2D eigenvalue weighted by atomic mass is 32.2. The highest BCUT2D eigenvalue weighted by Gasteiger charge is 2.51. The van der Waals surface area contributed by atoms with Crippen molar-refractivity contribution in [3.05, 3.63) is 84.6 Å². The summed E-state index contributed by atoms with van der Waals surface area (Å²) in [6.07, 6.45) is 4.79. The third kappa shape index (κ3) is 5.60. The molecular weight excluding hydrogens is 536 g/mol. The predicted molar refractivity (Wildman–Crippen MR) is 161 cm³/mol. The standard InChI is InChI=1S/C31H32N6O3S/c1-40-25-8-4-6-22(18-25)31(14-15-31)29(38)35-23-12-10-21(11-13-23)27-20-34-30-36-24-7-5-9-26(19-24)41(32,39)17-3-2-16-33-28(27)37-30/h4-13,18-20,32H,2-3,14-17H2,1H3,(H,35,38)(H2,33,34,36,37). The molecule has 1 aliphatic carbocycles. The summed E-state index contributed by atoms with van der Waals surface area (Å²) < 4.78 is 26.7. The number of ether oxygens (including phenoxy) is 1. The van der Waals surface area contributed by atoms with Crippen molar-refractivity contribution in [2.24, 2.45) is 0 Å². The predicted octanol–water partition coefficient (Wildman–Crippen LogP) is 6.18. The molecule has 2 heterocycles. The lowest BCUT2D eigenvalue weighted by Crippen LogP contribution is -2.27. The highest BCUT2D eigenvalue weighted by Crippen LogP contribution is 2.49. The summed E-state index contributed by atoms with van der Waals surface area (Å²) in [6.45, 7) is 0.622. The van der Waals surface area contributed by atoms with Crippen molar-refractivity contribution >= 4 is 38.8 Å². The minimum absolute atomic E-state index is 0.0161. The van der Waals surface area contributed by atoms with Gasteiger partial charge in [0.05, 0.1) is 22.3 Å². The van der Waals surface area contributed by atoms with E-state index in [0.29, 0.717) is 41.1 Å². The fraction of sp³-hybridized carbons (Fsp3) is 0.258. The lowest BCUT2D eigenvalue weighted by Gasteiger charge is -2.17. The molecule has 1 amide bonds. The van der Waals surface area contributed by atoms with Crippen molar-refractivity contribution in [3.63, 3.8) is 0 Å². The summed E-state index contributed by atoms with van der Waals surface area (Å²) in [5, 5.41) is 9.68. The van der Waals surface area contributed by atoms with E-state index in [1.54, 1.807) is 31.5 Å². The molecule has 0 radical (unpaired) electrons. The first-order chi connectivity index (χ1) is 19.9. The Labute approximate surface area is 239 Å². The van der Waals surface area contributed by atoms with Gasteiger partial charge in [-0.25, -0.2) is 14.0 Å². The third-order valence-electron chi connectivity index (χ3n) is 7.67. The van der Waals surface area contributed by atoms with Gasteiger partial charge in [0.2, 0.25) is 11.9 Å². The van der Waals surface area contributed by atoms with Crippen LogP contribution < -0.4 is 20.7 Å². The van der Waals surface area contributed by atoms with Gasteiger partial charge in [-0.1, -0.05) is 30.3 Å². The van der Waals surface area contributed by atoms with Crippen LogP contribution in [0.4, 0.5) is 23.1 Å². The number of nitrogens with one attached hydrogen (secondary N) is 4. The van der Waals surface area contributed by atoms with Gasteiger partial charge in [0.15, 0.2) is 0 Å². The molecule has 1 aliphatic heterocycles. The van der Waals surface area contributed by atoms with Gasteiger partial charge < -0.3 is 20.7 Å². The summed E-state index contributed by atoms with van der Waals surface area (Å²) in [5.74, 6) is 2.12. The number of rotatable bonds is 5. The van der Waals surface area contributed by atoms with E-state index in [0.717, 1.165) is 47.4 Å². The van der Waals surface area contributed by atoms with E-state index in [-0.39, 0.29) is 5.91 Å². The Morgan fingerprint density at radius 2 is 1.85 bits per heavy atom. The molecule has 41 heavy (non-hydrogen) atoms. The number of fused-ring (bicyclic) bond motifs is 4. The first-order valence-corrected chi connectivity index (χ1v) is 15.4. The summed E-state index contributed by atoms with van der Waals surface area (Å²) in [4.78, 5) is 23.1. The normalized spacial score (nSPS) is 19.2. The van der Waals surface area contributed by atoms with Crippen LogP contribution in [-0.4, -0.2) is 39.5 Å². The van der Waals surface area contributed by atoms with E-state index >= 15 is 0 Å². The number of aromatic nitrogens is 2. The fourth-order valence-electron chi connectivity index (χ4n) is 5.13. The third-order valence-corrected chi connectivity index (χ3v) is 9.55. The zero-order chi connectivity index (χ0) is 28.5. The number of methoxy groups -OCH3 is 1. The van der Waals surface area contributed by atoms with E-state index < -0.39 is 15.1 Å². The molecule has 2 aliphatic rings. The zero-order valence-electron chi connectivity index (χ0n) is 22.8. The molecule has 4 N–H and O–H groups in total. The number of nitrogens with zero attached hydrogens (tertiary/aromatic N) is 2. The summed E-state index contributed by atoms with van der Waals surface area (Å²) in [7, 11) is -1.24. The second-order valence-electron chi connectivity index (χ2n) is 10.5. The molecule has 0 saturated heterocycles. The van der Waals surface area contributed by atoms with E-state index in [4.69, 9.17) is 14.5 Å². The SMILES string of the molecule is COc1cccc(C2(C(=O)Nc3ccc(-c4cnc5nc4NCCCCS(=N)(=O)c4cccc(c4)N5)cc3)CC2)c1. The van der Waals surface area contributed by atoms with Crippen LogP contribution in [0.15, 0.2) is 83.9 Å². The molecule has 1 fully saturated rings. The molecular formula is C31H32N6O3S. The quantitative estimate of drug-likeness (QED) is 0.226. The summed E-state index contributed by atoms with van der Waals surface area (Å²) in [5.41, 5.74) is 3.60. The Kier molecular flexibility index (Phi) is 7.08. The lowest BCUT2D eigenvalue weighted by atomic mass is 9.94. The molecule has 1 saturated carbocycles. The van der Waals surface area contributed by atoms with Crippen molar-refractivity contribution in [3.8, 4) is 16.9 Å². The zero-order valence-corrected chi connectivity index (χ0v) is 23.6. The number of hydrogen-bond acceptors (Lipinski definition) is 8.